The second kappa shape index (κ2) is 13.3. The molecular formula is C15H29N5O6S. The van der Waals surface area contributed by atoms with Gasteiger partial charge >= 0.3 is 5.97 Å². The number of hydrogen-bond acceptors (Lipinski definition) is 8. The van der Waals surface area contributed by atoms with Gasteiger partial charge in [-0.15, -0.1) is 0 Å². The minimum absolute atomic E-state index is 0.119. The second-order valence-corrected chi connectivity index (χ2v) is 6.33. The number of hydrogen-bond donors (Lipinski definition) is 8. The lowest BCUT2D eigenvalue weighted by Gasteiger charge is -2.23. The van der Waals surface area contributed by atoms with Gasteiger partial charge in [0.25, 0.3) is 0 Å². The zero-order valence-electron chi connectivity index (χ0n) is 15.2. The Bertz CT molecular complexity index is 519. The average molecular weight is 407 g/mol. The molecule has 0 rings (SSSR count). The predicted octanol–water partition coefficient (Wildman–Crippen LogP) is -3.08. The van der Waals surface area contributed by atoms with Gasteiger partial charge in [-0.1, -0.05) is 0 Å². The van der Waals surface area contributed by atoms with Crippen LogP contribution in [0.4, 0.5) is 0 Å². The fourth-order valence-corrected chi connectivity index (χ4v) is 2.24. The van der Waals surface area contributed by atoms with Crippen LogP contribution in [-0.2, 0) is 19.2 Å². The number of carboxylic acids is 1. The van der Waals surface area contributed by atoms with Gasteiger partial charge in [0.2, 0.25) is 17.7 Å². The van der Waals surface area contributed by atoms with Crippen LogP contribution in [0.25, 0.3) is 0 Å². The average Bonchev–Trinajstić information content (AvgIpc) is 2.62. The molecule has 4 unspecified atom stereocenters. The van der Waals surface area contributed by atoms with Crippen LogP contribution in [-0.4, -0.2) is 77.0 Å². The number of aliphatic carboxylic acids is 1. The number of rotatable bonds is 13. The molecule has 156 valence electrons. The van der Waals surface area contributed by atoms with Crippen molar-refractivity contribution in [2.75, 3.05) is 18.9 Å². The van der Waals surface area contributed by atoms with Gasteiger partial charge in [-0.05, 0) is 32.7 Å². The van der Waals surface area contributed by atoms with E-state index in [1.165, 1.54) is 6.92 Å². The third-order valence-corrected chi connectivity index (χ3v) is 3.97. The van der Waals surface area contributed by atoms with Crippen LogP contribution < -0.4 is 27.4 Å². The summed E-state index contributed by atoms with van der Waals surface area (Å²) in [5.74, 6) is -3.54. The van der Waals surface area contributed by atoms with E-state index in [-0.39, 0.29) is 12.2 Å². The Hall–Kier alpha value is -1.89. The van der Waals surface area contributed by atoms with E-state index >= 15 is 0 Å². The Morgan fingerprint density at radius 1 is 0.963 bits per heavy atom. The Morgan fingerprint density at radius 3 is 1.93 bits per heavy atom. The smallest absolute Gasteiger partial charge is 0.326 e. The van der Waals surface area contributed by atoms with Gasteiger partial charge in [0.15, 0.2) is 0 Å². The molecule has 0 spiro atoms. The topological polar surface area (TPSA) is 197 Å². The molecule has 27 heavy (non-hydrogen) atoms. The zero-order chi connectivity index (χ0) is 21.0. The van der Waals surface area contributed by atoms with Crippen LogP contribution >= 0.6 is 12.6 Å². The van der Waals surface area contributed by atoms with Crippen molar-refractivity contribution in [1.29, 1.82) is 0 Å². The first kappa shape index (κ1) is 25.1. The van der Waals surface area contributed by atoms with Crippen LogP contribution in [0, 0.1) is 0 Å². The molecule has 0 aliphatic carbocycles. The summed E-state index contributed by atoms with van der Waals surface area (Å²) in [6.07, 6.45) is 1.32. The number of carbonyl (C=O) groups is 4. The molecule has 0 saturated carbocycles. The third kappa shape index (κ3) is 9.56. The number of nitrogens with two attached hydrogens (primary N) is 2. The second-order valence-electron chi connectivity index (χ2n) is 5.96. The molecule has 12 heteroatoms. The molecule has 0 bridgehead atoms. The molecule has 11 nitrogen and oxygen atoms in total. The van der Waals surface area contributed by atoms with Crippen molar-refractivity contribution in [3.8, 4) is 0 Å². The van der Waals surface area contributed by atoms with Gasteiger partial charge in [0.05, 0.1) is 12.6 Å². The highest BCUT2D eigenvalue weighted by Gasteiger charge is 2.28. The molecule has 0 aromatic carbocycles. The summed E-state index contributed by atoms with van der Waals surface area (Å²) in [5.41, 5.74) is 10.7. The number of nitrogens with one attached hydrogen (secondary N) is 3. The van der Waals surface area contributed by atoms with E-state index in [1.807, 2.05) is 0 Å². The van der Waals surface area contributed by atoms with Crippen LogP contribution in [0.3, 0.4) is 0 Å². The molecule has 0 radical (unpaired) electrons. The summed E-state index contributed by atoms with van der Waals surface area (Å²) >= 11 is 3.98. The zero-order valence-corrected chi connectivity index (χ0v) is 16.1. The molecule has 0 fully saturated rings. The molecule has 0 aliphatic heterocycles. The standard InChI is InChI=1S/C15H29N5O6S/c1-8(17)12(22)19-10(6-21)13(23)20-11(7-27)14(24)18-9(15(25)26)4-2-3-5-16/h8-11,21,27H,2-7,16-17H2,1H3,(H,18,24)(H,19,22)(H,20,23)(H,25,26). The normalized spacial score (nSPS) is 15.1. The summed E-state index contributed by atoms with van der Waals surface area (Å²) in [6, 6.07) is -4.48. The van der Waals surface area contributed by atoms with Crippen LogP contribution in [0.15, 0.2) is 0 Å². The lowest BCUT2D eigenvalue weighted by molar-refractivity contribution is -0.142. The number of carboxylic acid groups (broad SMARTS) is 1. The van der Waals surface area contributed by atoms with Gasteiger partial charge in [-0.3, -0.25) is 14.4 Å². The van der Waals surface area contributed by atoms with E-state index < -0.39 is 54.5 Å². The highest BCUT2D eigenvalue weighted by atomic mass is 32.1. The van der Waals surface area contributed by atoms with E-state index in [0.29, 0.717) is 19.4 Å². The summed E-state index contributed by atoms with van der Waals surface area (Å²) in [5, 5.41) is 25.3. The van der Waals surface area contributed by atoms with Crippen molar-refractivity contribution in [3.63, 3.8) is 0 Å². The number of carbonyl (C=O) groups excluding carboxylic acids is 3. The van der Waals surface area contributed by atoms with Crippen molar-refractivity contribution in [1.82, 2.24) is 16.0 Å². The molecule has 4 atom stereocenters. The molecule has 0 aromatic heterocycles. The van der Waals surface area contributed by atoms with Gasteiger partial charge in [-0.2, -0.15) is 12.6 Å². The first-order valence-corrected chi connectivity index (χ1v) is 9.12. The Balaban J connectivity index is 4.87. The van der Waals surface area contributed by atoms with E-state index in [9.17, 15) is 29.4 Å². The first-order chi connectivity index (χ1) is 12.7. The van der Waals surface area contributed by atoms with E-state index in [2.05, 4.69) is 28.6 Å². The molecule has 9 N–H and O–H groups in total. The van der Waals surface area contributed by atoms with Gasteiger partial charge < -0.3 is 37.6 Å². The fraction of sp³-hybridized carbons (Fsp3) is 0.733. The quantitative estimate of drug-likeness (QED) is 0.116. The van der Waals surface area contributed by atoms with Crippen molar-refractivity contribution in [2.24, 2.45) is 11.5 Å². The van der Waals surface area contributed by atoms with Crippen molar-refractivity contribution in [2.45, 2.75) is 50.4 Å². The highest BCUT2D eigenvalue weighted by Crippen LogP contribution is 2.02. The number of thiol groups is 1. The fourth-order valence-electron chi connectivity index (χ4n) is 1.99. The maximum Gasteiger partial charge on any atom is 0.326 e. The Labute approximate surface area is 163 Å². The van der Waals surface area contributed by atoms with Gasteiger partial charge in [0, 0.05) is 5.75 Å². The van der Waals surface area contributed by atoms with Crippen LogP contribution in [0.5, 0.6) is 0 Å². The SMILES string of the molecule is CC(N)C(=O)NC(CO)C(=O)NC(CS)C(=O)NC(CCCCN)C(=O)O. The minimum Gasteiger partial charge on any atom is -0.480 e. The lowest BCUT2D eigenvalue weighted by Crippen LogP contribution is -2.58. The maximum atomic E-state index is 12.3. The summed E-state index contributed by atoms with van der Waals surface area (Å²) < 4.78 is 0. The minimum atomic E-state index is -1.31. The largest absolute Gasteiger partial charge is 0.480 e. The first-order valence-electron chi connectivity index (χ1n) is 8.49. The summed E-state index contributed by atoms with van der Waals surface area (Å²) in [6.45, 7) is 1.11. The van der Waals surface area contributed by atoms with E-state index in [0.717, 1.165) is 0 Å². The maximum absolute atomic E-state index is 12.3. The lowest BCUT2D eigenvalue weighted by atomic mass is 10.1. The van der Waals surface area contributed by atoms with Crippen molar-refractivity contribution < 1.29 is 29.4 Å². The van der Waals surface area contributed by atoms with Crippen LogP contribution in [0.2, 0.25) is 0 Å². The molecule has 0 saturated heterocycles. The molecule has 0 aromatic rings. The number of unbranched alkanes of at least 4 members (excludes halogenated alkanes) is 1. The Morgan fingerprint density at radius 2 is 1.48 bits per heavy atom. The van der Waals surface area contributed by atoms with Crippen LogP contribution in [0.1, 0.15) is 26.2 Å². The number of aliphatic hydroxyl groups is 1. The van der Waals surface area contributed by atoms with Gasteiger partial charge in [-0.25, -0.2) is 4.79 Å². The Kier molecular flexibility index (Phi) is 12.4. The monoisotopic (exact) mass is 407 g/mol. The number of aliphatic hydroxyl groups excluding tert-OH is 1. The van der Waals surface area contributed by atoms with E-state index in [4.69, 9.17) is 11.5 Å². The molecule has 3 amide bonds. The summed E-state index contributed by atoms with van der Waals surface area (Å²) in [4.78, 5) is 47.2. The molecular weight excluding hydrogens is 378 g/mol. The van der Waals surface area contributed by atoms with Crippen molar-refractivity contribution in [3.05, 3.63) is 0 Å². The molecule has 0 heterocycles. The van der Waals surface area contributed by atoms with Crippen molar-refractivity contribution >= 4 is 36.3 Å². The number of amides is 3. The third-order valence-electron chi connectivity index (χ3n) is 3.61. The summed E-state index contributed by atoms with van der Waals surface area (Å²) in [7, 11) is 0. The molecule has 0 aliphatic rings. The highest BCUT2D eigenvalue weighted by molar-refractivity contribution is 7.80. The van der Waals surface area contributed by atoms with E-state index in [1.54, 1.807) is 0 Å². The predicted molar refractivity (Wildman–Crippen MR) is 101 cm³/mol. The van der Waals surface area contributed by atoms with Gasteiger partial charge in [0.1, 0.15) is 18.1 Å².